The van der Waals surface area contributed by atoms with Crippen LogP contribution in [-0.4, -0.2) is 63.0 Å². The van der Waals surface area contributed by atoms with Gasteiger partial charge in [0.1, 0.15) is 0 Å². The van der Waals surface area contributed by atoms with Crippen LogP contribution in [0.4, 0.5) is 0 Å². The SMILES string of the molecule is CN=C(NC1C2CCOC2C12CCCC2)N1CCC2(CCOC2)C1. The van der Waals surface area contributed by atoms with Crippen LogP contribution in [0.5, 0.6) is 0 Å². The molecule has 0 aromatic carbocycles. The molecule has 2 aliphatic carbocycles. The van der Waals surface area contributed by atoms with E-state index in [9.17, 15) is 0 Å². The Labute approximate surface area is 145 Å². The molecule has 4 unspecified atom stereocenters. The number of rotatable bonds is 1. The molecular formula is C19H31N3O2. The molecule has 5 nitrogen and oxygen atoms in total. The maximum absolute atomic E-state index is 6.13. The minimum Gasteiger partial charge on any atom is -0.381 e. The molecule has 2 saturated carbocycles. The smallest absolute Gasteiger partial charge is 0.193 e. The zero-order valence-electron chi connectivity index (χ0n) is 14.9. The quantitative estimate of drug-likeness (QED) is 0.589. The minimum absolute atomic E-state index is 0.390. The molecule has 134 valence electrons. The number of hydrogen-bond acceptors (Lipinski definition) is 3. The highest BCUT2D eigenvalue weighted by atomic mass is 16.5. The van der Waals surface area contributed by atoms with E-state index in [2.05, 4.69) is 15.2 Å². The number of ether oxygens (including phenoxy) is 2. The van der Waals surface area contributed by atoms with E-state index in [4.69, 9.17) is 9.47 Å². The Hall–Kier alpha value is -0.810. The van der Waals surface area contributed by atoms with Gasteiger partial charge in [-0.3, -0.25) is 4.99 Å². The van der Waals surface area contributed by atoms with E-state index < -0.39 is 0 Å². The molecule has 4 atom stereocenters. The molecule has 5 aliphatic rings. The maximum Gasteiger partial charge on any atom is 0.193 e. The summed E-state index contributed by atoms with van der Waals surface area (Å²) in [6.07, 6.45) is 9.61. The number of guanidine groups is 1. The van der Waals surface area contributed by atoms with Gasteiger partial charge in [-0.2, -0.15) is 0 Å². The first-order valence-electron chi connectivity index (χ1n) is 9.94. The molecule has 0 radical (unpaired) electrons. The average molecular weight is 333 g/mol. The van der Waals surface area contributed by atoms with Gasteiger partial charge in [0.25, 0.3) is 0 Å². The normalized spacial score (nSPS) is 43.6. The Morgan fingerprint density at radius 3 is 2.79 bits per heavy atom. The lowest BCUT2D eigenvalue weighted by Crippen LogP contribution is -2.69. The predicted octanol–water partition coefficient (Wildman–Crippen LogP) is 2.02. The van der Waals surface area contributed by atoms with Crippen molar-refractivity contribution in [2.24, 2.45) is 21.7 Å². The van der Waals surface area contributed by atoms with Gasteiger partial charge < -0.3 is 19.7 Å². The van der Waals surface area contributed by atoms with Crippen LogP contribution in [-0.2, 0) is 9.47 Å². The highest BCUT2D eigenvalue weighted by molar-refractivity contribution is 5.81. The Bertz CT molecular complexity index is 523. The summed E-state index contributed by atoms with van der Waals surface area (Å²) in [7, 11) is 1.95. The van der Waals surface area contributed by atoms with Gasteiger partial charge in [-0.1, -0.05) is 12.8 Å². The van der Waals surface area contributed by atoms with Crippen LogP contribution in [0, 0.1) is 16.7 Å². The summed E-state index contributed by atoms with van der Waals surface area (Å²) in [5.41, 5.74) is 0.784. The molecule has 5 heteroatoms. The average Bonchev–Trinajstić information content (AvgIpc) is 3.35. The Kier molecular flexibility index (Phi) is 3.60. The molecular weight excluding hydrogens is 302 g/mol. The van der Waals surface area contributed by atoms with Gasteiger partial charge in [-0.05, 0) is 32.1 Å². The Balaban J connectivity index is 1.31. The van der Waals surface area contributed by atoms with Crippen molar-refractivity contribution >= 4 is 5.96 Å². The van der Waals surface area contributed by atoms with Crippen molar-refractivity contribution in [2.45, 2.75) is 57.1 Å². The molecule has 1 N–H and O–H groups in total. The maximum atomic E-state index is 6.13. The van der Waals surface area contributed by atoms with Gasteiger partial charge in [0.15, 0.2) is 5.96 Å². The van der Waals surface area contributed by atoms with Crippen LogP contribution in [0.15, 0.2) is 4.99 Å². The number of fused-ring (bicyclic) bond motifs is 2. The fraction of sp³-hybridized carbons (Fsp3) is 0.947. The van der Waals surface area contributed by atoms with E-state index in [1.165, 1.54) is 44.9 Å². The lowest BCUT2D eigenvalue weighted by molar-refractivity contribution is -0.125. The number of likely N-dealkylation sites (tertiary alicyclic amines) is 1. The Morgan fingerprint density at radius 2 is 2.04 bits per heavy atom. The van der Waals surface area contributed by atoms with Gasteiger partial charge in [-0.25, -0.2) is 0 Å². The van der Waals surface area contributed by atoms with Gasteiger partial charge >= 0.3 is 0 Å². The van der Waals surface area contributed by atoms with Crippen molar-refractivity contribution in [3.8, 4) is 0 Å². The third kappa shape index (κ3) is 2.10. The molecule has 0 bridgehead atoms. The van der Waals surface area contributed by atoms with Gasteiger partial charge in [0.05, 0.1) is 12.7 Å². The van der Waals surface area contributed by atoms with Crippen LogP contribution in [0.2, 0.25) is 0 Å². The first kappa shape index (κ1) is 15.4. The third-order valence-corrected chi connectivity index (χ3v) is 7.71. The van der Waals surface area contributed by atoms with Crippen molar-refractivity contribution in [1.29, 1.82) is 0 Å². The van der Waals surface area contributed by atoms with E-state index >= 15 is 0 Å². The van der Waals surface area contributed by atoms with E-state index in [0.29, 0.717) is 28.9 Å². The van der Waals surface area contributed by atoms with Crippen LogP contribution in [0.25, 0.3) is 0 Å². The van der Waals surface area contributed by atoms with Crippen molar-refractivity contribution in [2.75, 3.05) is 40.0 Å². The topological polar surface area (TPSA) is 46.1 Å². The monoisotopic (exact) mass is 333 g/mol. The molecule has 3 aliphatic heterocycles. The fourth-order valence-electron chi connectivity index (χ4n) is 6.43. The van der Waals surface area contributed by atoms with Crippen LogP contribution < -0.4 is 5.32 Å². The second-order valence-corrected chi connectivity index (χ2v) is 8.83. The summed E-state index contributed by atoms with van der Waals surface area (Å²) in [6.45, 7) is 5.06. The Morgan fingerprint density at radius 1 is 1.17 bits per heavy atom. The van der Waals surface area contributed by atoms with E-state index in [0.717, 1.165) is 38.9 Å². The van der Waals surface area contributed by atoms with E-state index in [-0.39, 0.29) is 0 Å². The molecule has 0 aromatic rings. The number of nitrogens with one attached hydrogen (secondary N) is 1. The third-order valence-electron chi connectivity index (χ3n) is 7.71. The molecule has 5 fully saturated rings. The second kappa shape index (κ2) is 5.60. The minimum atomic E-state index is 0.390. The van der Waals surface area contributed by atoms with E-state index in [1.807, 2.05) is 7.05 Å². The van der Waals surface area contributed by atoms with Gasteiger partial charge in [0.2, 0.25) is 0 Å². The van der Waals surface area contributed by atoms with E-state index in [1.54, 1.807) is 0 Å². The van der Waals surface area contributed by atoms with Gasteiger partial charge in [-0.15, -0.1) is 0 Å². The highest BCUT2D eigenvalue weighted by Gasteiger charge is 2.65. The van der Waals surface area contributed by atoms with Crippen LogP contribution in [0.3, 0.4) is 0 Å². The van der Waals surface area contributed by atoms with Crippen molar-refractivity contribution in [3.63, 3.8) is 0 Å². The molecule has 5 rings (SSSR count). The molecule has 3 heterocycles. The van der Waals surface area contributed by atoms with Crippen LogP contribution in [0.1, 0.15) is 44.9 Å². The summed E-state index contributed by atoms with van der Waals surface area (Å²) in [5.74, 6) is 1.83. The second-order valence-electron chi connectivity index (χ2n) is 8.83. The predicted molar refractivity (Wildman–Crippen MR) is 93.1 cm³/mol. The van der Waals surface area contributed by atoms with Gasteiger partial charge in [0, 0.05) is 56.1 Å². The summed E-state index contributed by atoms with van der Waals surface area (Å²) in [4.78, 5) is 7.15. The fourth-order valence-corrected chi connectivity index (χ4v) is 6.43. The number of nitrogens with zero attached hydrogens (tertiary/aromatic N) is 2. The summed E-state index contributed by atoms with van der Waals surface area (Å²) in [5, 5.41) is 3.91. The molecule has 2 spiro atoms. The number of aliphatic imine (C=N–C) groups is 1. The summed E-state index contributed by atoms with van der Waals surface area (Å²) >= 11 is 0. The molecule has 0 amide bonds. The number of hydrogen-bond donors (Lipinski definition) is 1. The first-order valence-corrected chi connectivity index (χ1v) is 9.94. The summed E-state index contributed by atoms with van der Waals surface area (Å²) < 4.78 is 11.8. The summed E-state index contributed by atoms with van der Waals surface area (Å²) in [6, 6.07) is 0.572. The van der Waals surface area contributed by atoms with Crippen LogP contribution >= 0.6 is 0 Å². The standard InChI is InChI=1S/C19H31N3O2/c1-20-17(22-9-7-18(12-22)8-11-23-13-18)21-15-14-4-10-24-16(14)19(15)5-2-3-6-19/h14-16H,2-13H2,1H3,(H,20,21). The molecule has 3 saturated heterocycles. The lowest BCUT2D eigenvalue weighted by atomic mass is 9.54. The zero-order valence-corrected chi connectivity index (χ0v) is 14.9. The lowest BCUT2D eigenvalue weighted by Gasteiger charge is -2.57. The van der Waals surface area contributed by atoms with Crippen molar-refractivity contribution in [1.82, 2.24) is 10.2 Å². The molecule has 24 heavy (non-hydrogen) atoms. The largest absolute Gasteiger partial charge is 0.381 e. The van der Waals surface area contributed by atoms with Crippen molar-refractivity contribution in [3.05, 3.63) is 0 Å². The zero-order chi connectivity index (χ0) is 16.2. The van der Waals surface area contributed by atoms with Crippen molar-refractivity contribution < 1.29 is 9.47 Å². The molecule has 0 aromatic heterocycles. The highest BCUT2D eigenvalue weighted by Crippen LogP contribution is 2.60. The first-order chi connectivity index (χ1) is 11.8.